The standard InChI is InChI=1S/C24H36N4O7/c1-15(2)20(28-18(29)12-26-23(33)35-24(4,5)6)22(32)27-16(3)21(31)25-13-19(30)34-14-17-10-8-7-9-11-17/h7-11,15-16,20H,12-14H2,1-6H3,(H,25,31)(H,26,33)(H,27,32)(H,28,29)/t16-,20-/m0/s1. The molecule has 35 heavy (non-hydrogen) atoms. The number of carbonyl (C=O) groups excluding carboxylic acids is 5. The number of amides is 4. The van der Waals surface area contributed by atoms with Crippen molar-refractivity contribution in [2.75, 3.05) is 13.1 Å². The molecule has 0 radical (unpaired) electrons. The molecule has 0 fully saturated rings. The van der Waals surface area contributed by atoms with Crippen LogP contribution in [0.4, 0.5) is 4.79 Å². The van der Waals surface area contributed by atoms with Crippen molar-refractivity contribution in [3.63, 3.8) is 0 Å². The van der Waals surface area contributed by atoms with E-state index in [0.717, 1.165) is 5.56 Å². The first-order valence-electron chi connectivity index (χ1n) is 11.3. The Morgan fingerprint density at radius 3 is 2.06 bits per heavy atom. The van der Waals surface area contributed by atoms with Crippen molar-refractivity contribution in [3.8, 4) is 0 Å². The number of hydrogen-bond donors (Lipinski definition) is 4. The molecule has 1 rings (SSSR count). The normalized spacial score (nSPS) is 12.7. The van der Waals surface area contributed by atoms with E-state index in [9.17, 15) is 24.0 Å². The molecule has 4 N–H and O–H groups in total. The summed E-state index contributed by atoms with van der Waals surface area (Å²) in [5.41, 5.74) is 0.104. The average molecular weight is 493 g/mol. The maximum atomic E-state index is 12.6. The van der Waals surface area contributed by atoms with E-state index in [2.05, 4.69) is 21.3 Å². The van der Waals surface area contributed by atoms with Crippen LogP contribution in [-0.2, 0) is 35.3 Å². The van der Waals surface area contributed by atoms with E-state index >= 15 is 0 Å². The maximum Gasteiger partial charge on any atom is 0.408 e. The minimum Gasteiger partial charge on any atom is -0.460 e. The Balaban J connectivity index is 2.47. The number of benzene rings is 1. The molecule has 0 spiro atoms. The summed E-state index contributed by atoms with van der Waals surface area (Å²) in [5.74, 6) is -2.69. The van der Waals surface area contributed by atoms with Crippen molar-refractivity contribution in [1.29, 1.82) is 0 Å². The van der Waals surface area contributed by atoms with Crippen LogP contribution < -0.4 is 21.3 Å². The van der Waals surface area contributed by atoms with Crippen molar-refractivity contribution in [2.45, 2.75) is 65.8 Å². The fraction of sp³-hybridized carbons (Fsp3) is 0.542. The molecule has 0 aromatic heterocycles. The van der Waals surface area contributed by atoms with Gasteiger partial charge in [-0.2, -0.15) is 0 Å². The van der Waals surface area contributed by atoms with Crippen LogP contribution in [0.5, 0.6) is 0 Å². The summed E-state index contributed by atoms with van der Waals surface area (Å²) in [4.78, 5) is 60.7. The Kier molecular flexibility index (Phi) is 11.7. The third-order valence-corrected chi connectivity index (χ3v) is 4.46. The zero-order valence-electron chi connectivity index (χ0n) is 21.1. The molecule has 0 aliphatic carbocycles. The van der Waals surface area contributed by atoms with E-state index in [1.807, 2.05) is 18.2 Å². The van der Waals surface area contributed by atoms with Crippen LogP contribution in [0.25, 0.3) is 0 Å². The fourth-order valence-electron chi connectivity index (χ4n) is 2.70. The summed E-state index contributed by atoms with van der Waals surface area (Å²) in [6, 6.07) is 7.18. The summed E-state index contributed by atoms with van der Waals surface area (Å²) in [6.07, 6.45) is -0.759. The third kappa shape index (κ3) is 12.4. The van der Waals surface area contributed by atoms with Crippen LogP contribution in [-0.4, -0.2) is 60.6 Å². The number of nitrogens with one attached hydrogen (secondary N) is 4. The lowest BCUT2D eigenvalue weighted by atomic mass is 10.0. The Hall–Kier alpha value is -3.63. The molecule has 2 atom stereocenters. The smallest absolute Gasteiger partial charge is 0.408 e. The van der Waals surface area contributed by atoms with Gasteiger partial charge in [0.05, 0.1) is 0 Å². The van der Waals surface area contributed by atoms with Gasteiger partial charge in [0.2, 0.25) is 17.7 Å². The lowest BCUT2D eigenvalue weighted by Crippen LogP contribution is -2.56. The van der Waals surface area contributed by atoms with Gasteiger partial charge in [0.1, 0.15) is 37.4 Å². The molecule has 1 aromatic carbocycles. The largest absolute Gasteiger partial charge is 0.460 e. The second-order valence-corrected chi connectivity index (χ2v) is 9.24. The molecule has 0 unspecified atom stereocenters. The van der Waals surface area contributed by atoms with Crippen LogP contribution in [0, 0.1) is 5.92 Å². The monoisotopic (exact) mass is 492 g/mol. The topological polar surface area (TPSA) is 152 Å². The van der Waals surface area contributed by atoms with E-state index in [4.69, 9.17) is 9.47 Å². The molecule has 0 bridgehead atoms. The number of esters is 1. The molecule has 0 aliphatic rings. The van der Waals surface area contributed by atoms with Crippen LogP contribution in [0.3, 0.4) is 0 Å². The van der Waals surface area contributed by atoms with E-state index in [1.165, 1.54) is 6.92 Å². The summed E-state index contributed by atoms with van der Waals surface area (Å²) in [6.45, 7) is 9.31. The molecule has 11 heteroatoms. The van der Waals surface area contributed by atoms with Gasteiger partial charge in [-0.3, -0.25) is 19.2 Å². The van der Waals surface area contributed by atoms with Crippen LogP contribution in [0.15, 0.2) is 30.3 Å². The maximum absolute atomic E-state index is 12.6. The molecule has 0 heterocycles. The highest BCUT2D eigenvalue weighted by Crippen LogP contribution is 2.06. The number of ether oxygens (including phenoxy) is 2. The zero-order valence-corrected chi connectivity index (χ0v) is 21.1. The van der Waals surface area contributed by atoms with Crippen LogP contribution in [0.1, 0.15) is 47.1 Å². The first kappa shape index (κ1) is 29.4. The van der Waals surface area contributed by atoms with Gasteiger partial charge in [0, 0.05) is 0 Å². The minimum atomic E-state index is -0.970. The van der Waals surface area contributed by atoms with Crippen molar-refractivity contribution in [1.82, 2.24) is 21.3 Å². The molecular weight excluding hydrogens is 456 g/mol. The van der Waals surface area contributed by atoms with Gasteiger partial charge in [-0.1, -0.05) is 44.2 Å². The van der Waals surface area contributed by atoms with Gasteiger partial charge in [-0.25, -0.2) is 4.79 Å². The molecule has 1 aromatic rings. The van der Waals surface area contributed by atoms with Gasteiger partial charge in [-0.15, -0.1) is 0 Å². The Labute approximate surface area is 205 Å². The van der Waals surface area contributed by atoms with Gasteiger partial charge in [0.25, 0.3) is 0 Å². The third-order valence-electron chi connectivity index (χ3n) is 4.46. The average Bonchev–Trinajstić information content (AvgIpc) is 2.77. The predicted molar refractivity (Wildman–Crippen MR) is 128 cm³/mol. The van der Waals surface area contributed by atoms with Crippen LogP contribution >= 0.6 is 0 Å². The molecule has 0 saturated heterocycles. The van der Waals surface area contributed by atoms with Crippen LogP contribution in [0.2, 0.25) is 0 Å². The van der Waals surface area contributed by atoms with Crippen molar-refractivity contribution in [3.05, 3.63) is 35.9 Å². The second-order valence-electron chi connectivity index (χ2n) is 9.24. The molecule has 4 amide bonds. The molecule has 194 valence electrons. The van der Waals surface area contributed by atoms with E-state index in [0.29, 0.717) is 0 Å². The van der Waals surface area contributed by atoms with Gasteiger partial charge in [0.15, 0.2) is 0 Å². The molecular formula is C24H36N4O7. The quantitative estimate of drug-likeness (QED) is 0.337. The van der Waals surface area contributed by atoms with Crippen molar-refractivity contribution >= 4 is 29.8 Å². The first-order valence-corrected chi connectivity index (χ1v) is 11.3. The number of carbonyl (C=O) groups is 5. The number of hydrogen-bond acceptors (Lipinski definition) is 7. The first-order chi connectivity index (χ1) is 16.3. The lowest BCUT2D eigenvalue weighted by molar-refractivity contribution is -0.145. The van der Waals surface area contributed by atoms with E-state index < -0.39 is 47.5 Å². The SMILES string of the molecule is CC(C)[C@H](NC(=O)CNC(=O)OC(C)(C)C)C(=O)N[C@@H](C)C(=O)NCC(=O)OCc1ccccc1. The summed E-state index contributed by atoms with van der Waals surface area (Å²) >= 11 is 0. The zero-order chi connectivity index (χ0) is 26.6. The Morgan fingerprint density at radius 2 is 1.49 bits per heavy atom. The van der Waals surface area contributed by atoms with E-state index in [1.54, 1.807) is 46.8 Å². The second kappa shape index (κ2) is 13.9. The number of alkyl carbamates (subject to hydrolysis) is 1. The Morgan fingerprint density at radius 1 is 0.857 bits per heavy atom. The van der Waals surface area contributed by atoms with E-state index in [-0.39, 0.29) is 25.6 Å². The minimum absolute atomic E-state index is 0.0837. The number of rotatable bonds is 11. The Bertz CT molecular complexity index is 882. The molecule has 0 saturated carbocycles. The predicted octanol–water partition coefficient (Wildman–Crippen LogP) is 1.02. The van der Waals surface area contributed by atoms with Gasteiger partial charge < -0.3 is 30.7 Å². The highest BCUT2D eigenvalue weighted by molar-refractivity contribution is 5.93. The molecule has 0 aliphatic heterocycles. The van der Waals surface area contributed by atoms with Crippen molar-refractivity contribution in [2.24, 2.45) is 5.92 Å². The summed E-state index contributed by atoms with van der Waals surface area (Å²) in [5, 5.41) is 9.77. The van der Waals surface area contributed by atoms with Gasteiger partial charge in [-0.05, 0) is 39.2 Å². The summed E-state index contributed by atoms with van der Waals surface area (Å²) < 4.78 is 10.1. The summed E-state index contributed by atoms with van der Waals surface area (Å²) in [7, 11) is 0. The lowest BCUT2D eigenvalue weighted by Gasteiger charge is -2.24. The fourth-order valence-corrected chi connectivity index (χ4v) is 2.70. The van der Waals surface area contributed by atoms with Crippen molar-refractivity contribution < 1.29 is 33.4 Å². The highest BCUT2D eigenvalue weighted by atomic mass is 16.6. The van der Waals surface area contributed by atoms with Gasteiger partial charge >= 0.3 is 12.1 Å². The molecule has 11 nitrogen and oxygen atoms in total. The highest BCUT2D eigenvalue weighted by Gasteiger charge is 2.27.